The molecular formula is C14H18N4O. The Morgan fingerprint density at radius 3 is 2.37 bits per heavy atom. The molecule has 0 amide bonds. The van der Waals surface area contributed by atoms with E-state index in [2.05, 4.69) is 28.8 Å². The minimum atomic E-state index is -0.0564. The predicted octanol–water partition coefficient (Wildman–Crippen LogP) is 2.03. The van der Waals surface area contributed by atoms with E-state index in [0.717, 1.165) is 11.5 Å². The third-order valence-electron chi connectivity index (χ3n) is 3.03. The van der Waals surface area contributed by atoms with Gasteiger partial charge in [-0.05, 0) is 18.1 Å². The zero-order chi connectivity index (χ0) is 13.7. The molecule has 0 aliphatic heterocycles. The van der Waals surface area contributed by atoms with Crippen molar-refractivity contribution in [1.29, 1.82) is 0 Å². The van der Waals surface area contributed by atoms with Gasteiger partial charge in [0.05, 0.1) is 18.8 Å². The van der Waals surface area contributed by atoms with Gasteiger partial charge in [0.25, 0.3) is 0 Å². The molecule has 0 spiro atoms. The maximum absolute atomic E-state index is 9.68. The van der Waals surface area contributed by atoms with Crippen molar-refractivity contribution in [1.82, 2.24) is 15.0 Å². The fourth-order valence-electron chi connectivity index (χ4n) is 2.00. The van der Waals surface area contributed by atoms with E-state index >= 15 is 0 Å². The van der Waals surface area contributed by atoms with Crippen molar-refractivity contribution in [3.05, 3.63) is 43.1 Å². The summed E-state index contributed by atoms with van der Waals surface area (Å²) in [7, 11) is 0. The fraction of sp³-hybridized carbons (Fsp3) is 0.357. The van der Waals surface area contributed by atoms with Gasteiger partial charge in [0.1, 0.15) is 0 Å². The highest BCUT2D eigenvalue weighted by atomic mass is 16.3. The molecule has 100 valence electrons. The third kappa shape index (κ3) is 3.06. The summed E-state index contributed by atoms with van der Waals surface area (Å²) in [4.78, 5) is 14.5. The van der Waals surface area contributed by atoms with Crippen LogP contribution < -0.4 is 4.90 Å². The number of hydrogen-bond donors (Lipinski definition) is 1. The summed E-state index contributed by atoms with van der Waals surface area (Å²) in [6.45, 7) is 4.20. The number of rotatable bonds is 5. The lowest BCUT2D eigenvalue weighted by atomic mass is 10.0. The summed E-state index contributed by atoms with van der Waals surface area (Å²) >= 11 is 0. The Balaban J connectivity index is 2.45. The van der Waals surface area contributed by atoms with Crippen LogP contribution in [0, 0.1) is 5.92 Å². The smallest absolute Gasteiger partial charge is 0.151 e. The molecule has 0 aliphatic rings. The summed E-state index contributed by atoms with van der Waals surface area (Å²) in [6.07, 6.45) is 8.45. The van der Waals surface area contributed by atoms with E-state index in [-0.39, 0.29) is 18.6 Å². The van der Waals surface area contributed by atoms with Crippen molar-refractivity contribution >= 4 is 11.5 Å². The van der Waals surface area contributed by atoms with E-state index in [1.807, 2.05) is 17.0 Å². The van der Waals surface area contributed by atoms with Crippen LogP contribution in [-0.2, 0) is 0 Å². The lowest BCUT2D eigenvalue weighted by molar-refractivity contribution is 0.237. The average molecular weight is 258 g/mol. The molecule has 0 fully saturated rings. The Kier molecular flexibility index (Phi) is 4.41. The molecule has 2 aromatic rings. The largest absolute Gasteiger partial charge is 0.394 e. The molecule has 1 atom stereocenters. The highest BCUT2D eigenvalue weighted by Gasteiger charge is 2.24. The molecule has 0 bridgehead atoms. The van der Waals surface area contributed by atoms with Crippen LogP contribution in [0.2, 0.25) is 0 Å². The minimum Gasteiger partial charge on any atom is -0.394 e. The molecule has 5 heteroatoms. The van der Waals surface area contributed by atoms with Crippen LogP contribution in [0.1, 0.15) is 13.8 Å². The van der Waals surface area contributed by atoms with E-state index in [0.29, 0.717) is 0 Å². The molecule has 2 rings (SSSR count). The Hall–Kier alpha value is -2.01. The Morgan fingerprint density at radius 1 is 1.11 bits per heavy atom. The van der Waals surface area contributed by atoms with Gasteiger partial charge in [-0.3, -0.25) is 9.97 Å². The highest BCUT2D eigenvalue weighted by Crippen LogP contribution is 2.27. The van der Waals surface area contributed by atoms with Gasteiger partial charge in [-0.25, -0.2) is 4.98 Å². The SMILES string of the molecule is CC(C)C(CO)N(c1ccncc1)c1cnccn1. The quantitative estimate of drug-likeness (QED) is 0.889. The van der Waals surface area contributed by atoms with E-state index in [1.54, 1.807) is 31.0 Å². The molecule has 2 aromatic heterocycles. The van der Waals surface area contributed by atoms with E-state index in [9.17, 15) is 5.11 Å². The summed E-state index contributed by atoms with van der Waals surface area (Å²) in [5.74, 6) is 1.00. The van der Waals surface area contributed by atoms with Crippen molar-refractivity contribution < 1.29 is 5.11 Å². The molecule has 5 nitrogen and oxygen atoms in total. The van der Waals surface area contributed by atoms with Crippen molar-refractivity contribution in [2.45, 2.75) is 19.9 Å². The topological polar surface area (TPSA) is 62.1 Å². The first-order valence-electron chi connectivity index (χ1n) is 6.30. The lowest BCUT2D eigenvalue weighted by Gasteiger charge is -2.33. The number of aliphatic hydroxyl groups is 1. The highest BCUT2D eigenvalue weighted by molar-refractivity contribution is 5.59. The molecule has 1 N–H and O–H groups in total. The van der Waals surface area contributed by atoms with Crippen LogP contribution in [-0.4, -0.2) is 32.7 Å². The molecule has 0 radical (unpaired) electrons. The summed E-state index contributed by atoms with van der Waals surface area (Å²) in [6, 6.07) is 3.75. The number of pyridine rings is 1. The second-order valence-corrected chi connectivity index (χ2v) is 4.63. The van der Waals surface area contributed by atoms with Crippen LogP contribution in [0.4, 0.5) is 11.5 Å². The summed E-state index contributed by atoms with van der Waals surface area (Å²) in [5, 5.41) is 9.68. The van der Waals surface area contributed by atoms with E-state index in [1.165, 1.54) is 0 Å². The van der Waals surface area contributed by atoms with Gasteiger partial charge in [0, 0.05) is 30.5 Å². The van der Waals surface area contributed by atoms with Crippen LogP contribution in [0.3, 0.4) is 0 Å². The second kappa shape index (κ2) is 6.24. The van der Waals surface area contributed by atoms with Crippen molar-refractivity contribution in [2.75, 3.05) is 11.5 Å². The van der Waals surface area contributed by atoms with Gasteiger partial charge in [-0.2, -0.15) is 0 Å². The van der Waals surface area contributed by atoms with E-state index < -0.39 is 0 Å². The van der Waals surface area contributed by atoms with Crippen LogP contribution in [0.5, 0.6) is 0 Å². The Morgan fingerprint density at radius 2 is 1.84 bits per heavy atom. The van der Waals surface area contributed by atoms with Gasteiger partial charge in [-0.15, -0.1) is 0 Å². The predicted molar refractivity (Wildman–Crippen MR) is 74.1 cm³/mol. The van der Waals surface area contributed by atoms with Gasteiger partial charge < -0.3 is 10.0 Å². The van der Waals surface area contributed by atoms with Gasteiger partial charge in [0.2, 0.25) is 0 Å². The maximum Gasteiger partial charge on any atom is 0.151 e. The number of hydrogen-bond acceptors (Lipinski definition) is 5. The molecular weight excluding hydrogens is 240 g/mol. The van der Waals surface area contributed by atoms with Crippen LogP contribution in [0.25, 0.3) is 0 Å². The lowest BCUT2D eigenvalue weighted by Crippen LogP contribution is -2.39. The van der Waals surface area contributed by atoms with Crippen LogP contribution in [0.15, 0.2) is 43.1 Å². The molecule has 0 saturated carbocycles. The fourth-order valence-corrected chi connectivity index (χ4v) is 2.00. The number of aliphatic hydroxyl groups excluding tert-OH is 1. The number of nitrogens with zero attached hydrogens (tertiary/aromatic N) is 4. The van der Waals surface area contributed by atoms with Gasteiger partial charge in [0.15, 0.2) is 5.82 Å². The van der Waals surface area contributed by atoms with Crippen molar-refractivity contribution in [3.63, 3.8) is 0 Å². The first kappa shape index (κ1) is 13.4. The molecule has 0 aliphatic carbocycles. The first-order chi connectivity index (χ1) is 9.24. The van der Waals surface area contributed by atoms with Gasteiger partial charge in [-0.1, -0.05) is 13.8 Å². The zero-order valence-corrected chi connectivity index (χ0v) is 11.1. The second-order valence-electron chi connectivity index (χ2n) is 4.63. The van der Waals surface area contributed by atoms with E-state index in [4.69, 9.17) is 0 Å². The Bertz CT molecular complexity index is 450. The van der Waals surface area contributed by atoms with Crippen molar-refractivity contribution in [3.8, 4) is 0 Å². The standard InChI is InChI=1S/C14H18N4O/c1-11(2)13(10-19)18(12-3-5-15-6-4-12)14-9-16-7-8-17-14/h3-9,11,13,19H,10H2,1-2H3. The number of aromatic nitrogens is 3. The van der Waals surface area contributed by atoms with Crippen LogP contribution >= 0.6 is 0 Å². The molecule has 0 aromatic carbocycles. The number of anilines is 2. The molecule has 2 heterocycles. The normalized spacial score (nSPS) is 12.4. The van der Waals surface area contributed by atoms with Gasteiger partial charge >= 0.3 is 0 Å². The minimum absolute atomic E-state index is 0.0521. The third-order valence-corrected chi connectivity index (χ3v) is 3.03. The van der Waals surface area contributed by atoms with Crippen molar-refractivity contribution in [2.24, 2.45) is 5.92 Å². The summed E-state index contributed by atoms with van der Waals surface area (Å²) < 4.78 is 0. The monoisotopic (exact) mass is 258 g/mol. The molecule has 19 heavy (non-hydrogen) atoms. The molecule has 1 unspecified atom stereocenters. The Labute approximate surface area is 113 Å². The average Bonchev–Trinajstić information content (AvgIpc) is 2.46. The summed E-state index contributed by atoms with van der Waals surface area (Å²) in [5.41, 5.74) is 0.947. The maximum atomic E-state index is 9.68. The zero-order valence-electron chi connectivity index (χ0n) is 11.1. The first-order valence-corrected chi connectivity index (χ1v) is 6.30. The molecule has 0 saturated heterocycles.